The Hall–Kier alpha value is -4.46. The van der Waals surface area contributed by atoms with Gasteiger partial charge in [0.05, 0.1) is 24.2 Å². The zero-order valence-electron chi connectivity index (χ0n) is 18.5. The molecule has 0 aromatic heterocycles. The lowest BCUT2D eigenvalue weighted by atomic mass is 9.93. The van der Waals surface area contributed by atoms with Crippen LogP contribution in [0, 0.1) is 5.92 Å². The molecule has 5 rings (SSSR count). The predicted molar refractivity (Wildman–Crippen MR) is 126 cm³/mol. The third-order valence-corrected chi connectivity index (χ3v) is 5.81. The average molecular weight is 455 g/mol. The van der Waals surface area contributed by atoms with Gasteiger partial charge in [0.25, 0.3) is 5.91 Å². The van der Waals surface area contributed by atoms with E-state index in [2.05, 4.69) is 0 Å². The van der Waals surface area contributed by atoms with Gasteiger partial charge in [-0.1, -0.05) is 18.2 Å². The van der Waals surface area contributed by atoms with Gasteiger partial charge in [-0.2, -0.15) is 5.10 Å². The second-order valence-electron chi connectivity index (χ2n) is 7.92. The molecule has 34 heavy (non-hydrogen) atoms. The van der Waals surface area contributed by atoms with Gasteiger partial charge in [-0.15, -0.1) is 0 Å². The first-order valence-electron chi connectivity index (χ1n) is 10.7. The Balaban J connectivity index is 1.55. The molecule has 0 radical (unpaired) electrons. The van der Waals surface area contributed by atoms with Gasteiger partial charge >= 0.3 is 5.97 Å². The van der Waals surface area contributed by atoms with Crippen molar-refractivity contribution in [3.8, 4) is 11.5 Å². The number of hydrogen-bond donors (Lipinski definition) is 0. The van der Waals surface area contributed by atoms with E-state index >= 15 is 0 Å². The number of nitrogens with zero attached hydrogens (tertiary/aromatic N) is 3. The number of anilines is 2. The summed E-state index contributed by atoms with van der Waals surface area (Å²) in [7, 11) is 1.58. The van der Waals surface area contributed by atoms with E-state index in [0.717, 1.165) is 5.56 Å². The van der Waals surface area contributed by atoms with E-state index in [4.69, 9.17) is 14.6 Å². The van der Waals surface area contributed by atoms with E-state index in [1.165, 1.54) is 11.8 Å². The SMILES string of the molecule is COc1ccc(C2=NN(c3ccccc3)[C@@H]3C(=O)N(c4ccc(OC(C)=O)cc4)C(=O)[C@H]23)cc1. The highest BCUT2D eigenvalue weighted by Gasteiger charge is 2.57. The molecule has 1 saturated heterocycles. The number of ether oxygens (including phenoxy) is 2. The minimum absolute atomic E-state index is 0.335. The minimum Gasteiger partial charge on any atom is -0.497 e. The van der Waals surface area contributed by atoms with E-state index in [-0.39, 0.29) is 11.8 Å². The molecule has 0 N–H and O–H groups in total. The Labute approximate surface area is 196 Å². The van der Waals surface area contributed by atoms with Gasteiger partial charge in [-0.05, 0) is 66.2 Å². The van der Waals surface area contributed by atoms with Crippen LogP contribution in [0.5, 0.6) is 11.5 Å². The zero-order chi connectivity index (χ0) is 23.8. The summed E-state index contributed by atoms with van der Waals surface area (Å²) >= 11 is 0. The molecule has 3 aromatic carbocycles. The highest BCUT2D eigenvalue weighted by atomic mass is 16.5. The summed E-state index contributed by atoms with van der Waals surface area (Å²) in [5.74, 6) is -0.928. The molecule has 1 fully saturated rings. The molecular weight excluding hydrogens is 434 g/mol. The highest BCUT2D eigenvalue weighted by molar-refractivity contribution is 6.34. The van der Waals surface area contributed by atoms with Crippen LogP contribution in [0.2, 0.25) is 0 Å². The standard InChI is InChI=1S/C26H21N3O5/c1-16(30)34-21-14-10-18(11-15-21)28-25(31)22-23(17-8-12-20(33-2)13-9-17)27-29(24(22)26(28)32)19-6-4-3-5-7-19/h3-15,22,24H,1-2H3/t22-,24+/m1/s1. The lowest BCUT2D eigenvalue weighted by Gasteiger charge is -2.22. The molecule has 0 spiro atoms. The highest BCUT2D eigenvalue weighted by Crippen LogP contribution is 2.39. The van der Waals surface area contributed by atoms with Crippen LogP contribution in [0.3, 0.4) is 0 Å². The van der Waals surface area contributed by atoms with E-state index in [9.17, 15) is 14.4 Å². The van der Waals surface area contributed by atoms with Crippen LogP contribution >= 0.6 is 0 Å². The first-order chi connectivity index (χ1) is 16.5. The number of amides is 2. The number of fused-ring (bicyclic) bond motifs is 1. The van der Waals surface area contributed by atoms with Crippen LogP contribution in [0.15, 0.2) is 84.0 Å². The van der Waals surface area contributed by atoms with Crippen LogP contribution in [-0.4, -0.2) is 36.6 Å². The quantitative estimate of drug-likeness (QED) is 0.333. The summed E-state index contributed by atoms with van der Waals surface area (Å²) in [5, 5.41) is 6.35. The van der Waals surface area contributed by atoms with E-state index in [1.54, 1.807) is 48.5 Å². The summed E-state index contributed by atoms with van der Waals surface area (Å²) in [6.45, 7) is 1.31. The van der Waals surface area contributed by atoms with Gasteiger partial charge in [0.15, 0.2) is 0 Å². The van der Waals surface area contributed by atoms with Crippen molar-refractivity contribution >= 4 is 34.9 Å². The number of hydrazone groups is 1. The number of rotatable bonds is 5. The minimum atomic E-state index is -0.805. The summed E-state index contributed by atoms with van der Waals surface area (Å²) in [6.07, 6.45) is 0. The topological polar surface area (TPSA) is 88.5 Å². The Morgan fingerprint density at radius 1 is 0.824 bits per heavy atom. The predicted octanol–water partition coefficient (Wildman–Crippen LogP) is 3.40. The molecule has 0 aliphatic carbocycles. The molecule has 0 saturated carbocycles. The average Bonchev–Trinajstić information content (AvgIpc) is 3.37. The number of methoxy groups -OCH3 is 1. The van der Waals surface area contributed by atoms with Gasteiger partial charge in [-0.25, -0.2) is 4.90 Å². The molecule has 3 aromatic rings. The fraction of sp³-hybridized carbons (Fsp3) is 0.154. The molecule has 2 atom stereocenters. The van der Waals surface area contributed by atoms with Crippen molar-refractivity contribution in [3.63, 3.8) is 0 Å². The van der Waals surface area contributed by atoms with Crippen molar-refractivity contribution in [2.75, 3.05) is 17.0 Å². The van der Waals surface area contributed by atoms with Gasteiger partial charge < -0.3 is 9.47 Å². The van der Waals surface area contributed by atoms with E-state index in [1.807, 2.05) is 42.5 Å². The Morgan fingerprint density at radius 2 is 1.47 bits per heavy atom. The number of carbonyl (C=O) groups is 3. The molecule has 2 aliphatic rings. The Bertz CT molecular complexity index is 1290. The molecular formula is C26H21N3O5. The number of benzene rings is 3. The third-order valence-electron chi connectivity index (χ3n) is 5.81. The van der Waals surface area contributed by atoms with Crippen molar-refractivity contribution < 1.29 is 23.9 Å². The molecule has 8 nitrogen and oxygen atoms in total. The number of carbonyl (C=O) groups excluding carboxylic acids is 3. The second kappa shape index (κ2) is 8.47. The summed E-state index contributed by atoms with van der Waals surface area (Å²) in [6, 6.07) is 22.0. The zero-order valence-corrected chi connectivity index (χ0v) is 18.5. The number of esters is 1. The lowest BCUT2D eigenvalue weighted by Crippen LogP contribution is -2.39. The van der Waals surface area contributed by atoms with Crippen molar-refractivity contribution in [2.24, 2.45) is 11.0 Å². The van der Waals surface area contributed by atoms with E-state index in [0.29, 0.717) is 28.6 Å². The van der Waals surface area contributed by atoms with Crippen molar-refractivity contribution in [3.05, 3.63) is 84.4 Å². The van der Waals surface area contributed by atoms with Crippen molar-refractivity contribution in [1.29, 1.82) is 0 Å². The molecule has 2 heterocycles. The number of hydrogen-bond acceptors (Lipinski definition) is 7. The molecule has 0 bridgehead atoms. The number of imide groups is 1. The van der Waals surface area contributed by atoms with Gasteiger partial charge in [0, 0.05) is 6.92 Å². The maximum absolute atomic E-state index is 13.6. The number of para-hydroxylation sites is 1. The fourth-order valence-corrected chi connectivity index (χ4v) is 4.29. The monoisotopic (exact) mass is 455 g/mol. The van der Waals surface area contributed by atoms with Crippen LogP contribution in [0.4, 0.5) is 11.4 Å². The molecule has 170 valence electrons. The van der Waals surface area contributed by atoms with Crippen LogP contribution in [-0.2, 0) is 14.4 Å². The second-order valence-corrected chi connectivity index (χ2v) is 7.92. The molecule has 8 heteroatoms. The van der Waals surface area contributed by atoms with E-state index < -0.39 is 17.9 Å². The smallest absolute Gasteiger partial charge is 0.308 e. The van der Waals surface area contributed by atoms with Gasteiger partial charge in [-0.3, -0.25) is 19.4 Å². The first kappa shape index (κ1) is 21.4. The maximum Gasteiger partial charge on any atom is 0.308 e. The summed E-state index contributed by atoms with van der Waals surface area (Å²) in [5.41, 5.74) is 2.38. The third kappa shape index (κ3) is 3.59. The van der Waals surface area contributed by atoms with Gasteiger partial charge in [0.1, 0.15) is 23.5 Å². The van der Waals surface area contributed by atoms with Crippen LogP contribution in [0.1, 0.15) is 12.5 Å². The summed E-state index contributed by atoms with van der Waals surface area (Å²) < 4.78 is 10.3. The lowest BCUT2D eigenvalue weighted by molar-refractivity contribution is -0.132. The Kier molecular flexibility index (Phi) is 5.33. The first-order valence-corrected chi connectivity index (χ1v) is 10.7. The van der Waals surface area contributed by atoms with Crippen molar-refractivity contribution in [1.82, 2.24) is 0 Å². The van der Waals surface area contributed by atoms with Gasteiger partial charge in [0.2, 0.25) is 5.91 Å². The normalized spacial score (nSPS) is 19.2. The largest absolute Gasteiger partial charge is 0.497 e. The van der Waals surface area contributed by atoms with Crippen LogP contribution < -0.4 is 19.4 Å². The fourth-order valence-electron chi connectivity index (χ4n) is 4.29. The molecule has 2 amide bonds. The molecule has 2 aliphatic heterocycles. The van der Waals surface area contributed by atoms with Crippen molar-refractivity contribution in [2.45, 2.75) is 13.0 Å². The van der Waals surface area contributed by atoms with Crippen LogP contribution in [0.25, 0.3) is 0 Å². The summed E-state index contributed by atoms with van der Waals surface area (Å²) in [4.78, 5) is 39.6. The maximum atomic E-state index is 13.6. The molecule has 0 unspecified atom stereocenters. The Morgan fingerprint density at radius 3 is 2.09 bits per heavy atom.